The lowest BCUT2D eigenvalue weighted by molar-refractivity contribution is -0.145. The predicted molar refractivity (Wildman–Crippen MR) is 141 cm³/mol. The Bertz CT molecular complexity index is 1120. The average molecular weight is 520 g/mol. The summed E-state index contributed by atoms with van der Waals surface area (Å²) in [7, 11) is 1.65. The first-order valence-corrected chi connectivity index (χ1v) is 11.2. The number of carbonyl (C=O) groups is 2. The smallest absolute Gasteiger partial charge is 0.313 e. The molecule has 0 radical (unpaired) electrons. The number of hydrogen-bond acceptors (Lipinski definition) is 6. The van der Waals surface area contributed by atoms with Crippen LogP contribution < -0.4 is 4.74 Å². The van der Waals surface area contributed by atoms with Gasteiger partial charge in [-0.2, -0.15) is 0 Å². The molecule has 1 fully saturated rings. The Morgan fingerprint density at radius 3 is 2.40 bits per heavy atom. The monoisotopic (exact) mass is 519 g/mol. The highest BCUT2D eigenvalue weighted by atomic mass is 35.5. The second-order valence-electron chi connectivity index (χ2n) is 8.24. The summed E-state index contributed by atoms with van der Waals surface area (Å²) in [6.07, 6.45) is 3.26. The molecule has 2 heterocycles. The maximum Gasteiger partial charge on any atom is 0.313 e. The molecule has 0 bridgehead atoms. The van der Waals surface area contributed by atoms with E-state index in [0.29, 0.717) is 31.8 Å². The fourth-order valence-corrected chi connectivity index (χ4v) is 4.02. The van der Waals surface area contributed by atoms with Gasteiger partial charge in [-0.05, 0) is 47.5 Å². The maximum atomic E-state index is 12.6. The van der Waals surface area contributed by atoms with Crippen molar-refractivity contribution in [1.82, 2.24) is 14.8 Å². The second kappa shape index (κ2) is 13.3. The van der Waals surface area contributed by atoms with Crippen LogP contribution in [0.4, 0.5) is 0 Å². The summed E-state index contributed by atoms with van der Waals surface area (Å²) in [5, 5.41) is 2.13. The van der Waals surface area contributed by atoms with Crippen molar-refractivity contribution in [3.8, 4) is 5.75 Å². The summed E-state index contributed by atoms with van der Waals surface area (Å²) in [6.45, 7) is 5.69. The standard InChI is InChI=1S/C26H29N3O4.2ClH/c1-19(20-5-6-22-17-24(32-2)8-7-21(22)16-20)26(31)33-15-14-28-10-12-29(13-11-28)25(30)23-4-3-9-27-18-23;;/h3-9,16-19H,10-15H2,1-2H3;2*1H. The van der Waals surface area contributed by atoms with Crippen LogP contribution in [-0.4, -0.2) is 73.1 Å². The van der Waals surface area contributed by atoms with Gasteiger partial charge < -0.3 is 14.4 Å². The lowest BCUT2D eigenvalue weighted by atomic mass is 9.98. The number of carbonyl (C=O) groups excluding carboxylic acids is 2. The zero-order chi connectivity index (χ0) is 23.2. The summed E-state index contributed by atoms with van der Waals surface area (Å²) in [6, 6.07) is 15.4. The van der Waals surface area contributed by atoms with Gasteiger partial charge in [-0.3, -0.25) is 19.5 Å². The van der Waals surface area contributed by atoms with Gasteiger partial charge in [0.1, 0.15) is 12.4 Å². The molecule has 9 heteroatoms. The highest BCUT2D eigenvalue weighted by Crippen LogP contribution is 2.25. The van der Waals surface area contributed by atoms with Crippen molar-refractivity contribution in [2.75, 3.05) is 46.4 Å². The van der Waals surface area contributed by atoms with Crippen molar-refractivity contribution in [2.45, 2.75) is 12.8 Å². The van der Waals surface area contributed by atoms with Crippen molar-refractivity contribution in [3.63, 3.8) is 0 Å². The minimum absolute atomic E-state index is 0. The van der Waals surface area contributed by atoms with Crippen LogP contribution in [0.2, 0.25) is 0 Å². The van der Waals surface area contributed by atoms with Gasteiger partial charge in [-0.1, -0.05) is 24.3 Å². The van der Waals surface area contributed by atoms with Crippen molar-refractivity contribution >= 4 is 47.5 Å². The van der Waals surface area contributed by atoms with Crippen LogP contribution in [-0.2, 0) is 9.53 Å². The third-order valence-electron chi connectivity index (χ3n) is 6.14. The summed E-state index contributed by atoms with van der Waals surface area (Å²) < 4.78 is 10.8. The molecule has 0 spiro atoms. The first-order valence-electron chi connectivity index (χ1n) is 11.2. The van der Waals surface area contributed by atoms with Gasteiger partial charge >= 0.3 is 5.97 Å². The Hall–Kier alpha value is -2.87. The number of esters is 1. The number of fused-ring (bicyclic) bond motifs is 1. The number of ether oxygens (including phenoxy) is 2. The normalized spacial score (nSPS) is 14.4. The van der Waals surface area contributed by atoms with Gasteiger partial charge in [0, 0.05) is 45.1 Å². The van der Waals surface area contributed by atoms with Crippen molar-refractivity contribution in [3.05, 3.63) is 72.1 Å². The number of hydrogen-bond donors (Lipinski definition) is 0. The van der Waals surface area contributed by atoms with Crippen LogP contribution in [0.15, 0.2) is 60.9 Å². The number of benzene rings is 2. The number of pyridine rings is 1. The highest BCUT2D eigenvalue weighted by Gasteiger charge is 2.23. The van der Waals surface area contributed by atoms with Gasteiger partial charge in [0.05, 0.1) is 18.6 Å². The Labute approximate surface area is 218 Å². The molecular weight excluding hydrogens is 489 g/mol. The SMILES string of the molecule is COc1ccc2cc(C(C)C(=O)OCCN3CCN(C(=O)c4cccnc4)CC3)ccc2c1.Cl.Cl. The van der Waals surface area contributed by atoms with Gasteiger partial charge in [0.25, 0.3) is 5.91 Å². The number of piperazine rings is 1. The van der Waals surface area contributed by atoms with E-state index in [1.807, 2.05) is 48.2 Å². The summed E-state index contributed by atoms with van der Waals surface area (Å²) >= 11 is 0. The molecule has 1 aliphatic heterocycles. The maximum absolute atomic E-state index is 12.6. The number of halogens is 2. The molecule has 3 aromatic rings. The predicted octanol–water partition coefficient (Wildman–Crippen LogP) is 4.19. The first-order chi connectivity index (χ1) is 16.0. The van der Waals surface area contributed by atoms with Gasteiger partial charge in [-0.25, -0.2) is 0 Å². The Balaban J connectivity index is 0.00000216. The topological polar surface area (TPSA) is 72.0 Å². The van der Waals surface area contributed by atoms with Crippen LogP contribution in [0.25, 0.3) is 10.8 Å². The van der Waals surface area contributed by atoms with Crippen molar-refractivity contribution in [1.29, 1.82) is 0 Å². The van der Waals surface area contributed by atoms with Crippen LogP contribution in [0, 0.1) is 0 Å². The van der Waals surface area contributed by atoms with E-state index in [-0.39, 0.29) is 42.6 Å². The fourth-order valence-electron chi connectivity index (χ4n) is 4.02. The molecule has 1 aromatic heterocycles. The van der Waals surface area contributed by atoms with E-state index >= 15 is 0 Å². The summed E-state index contributed by atoms with van der Waals surface area (Å²) in [5.74, 6) is 0.250. The molecule has 188 valence electrons. The first kappa shape index (κ1) is 28.4. The lowest BCUT2D eigenvalue weighted by Crippen LogP contribution is -2.49. The summed E-state index contributed by atoms with van der Waals surface area (Å²) in [4.78, 5) is 33.2. The van der Waals surface area contributed by atoms with Crippen molar-refractivity contribution < 1.29 is 19.1 Å². The number of methoxy groups -OCH3 is 1. The molecular formula is C26H31Cl2N3O4. The van der Waals surface area contributed by atoms with Gasteiger partial charge in [-0.15, -0.1) is 24.8 Å². The second-order valence-corrected chi connectivity index (χ2v) is 8.24. The Morgan fingerprint density at radius 1 is 1.00 bits per heavy atom. The largest absolute Gasteiger partial charge is 0.497 e. The molecule has 1 unspecified atom stereocenters. The van der Waals surface area contributed by atoms with Crippen LogP contribution >= 0.6 is 24.8 Å². The molecule has 2 aromatic carbocycles. The quantitative estimate of drug-likeness (QED) is 0.435. The molecule has 35 heavy (non-hydrogen) atoms. The fraction of sp³-hybridized carbons (Fsp3) is 0.346. The molecule has 4 rings (SSSR count). The molecule has 1 aliphatic rings. The van der Waals surface area contributed by atoms with E-state index in [9.17, 15) is 9.59 Å². The Kier molecular flexibility index (Phi) is 10.8. The van der Waals surface area contributed by atoms with E-state index in [4.69, 9.17) is 9.47 Å². The van der Waals surface area contributed by atoms with Crippen LogP contribution in [0.5, 0.6) is 5.75 Å². The minimum atomic E-state index is -0.342. The van der Waals surface area contributed by atoms with Gasteiger partial charge in [0.2, 0.25) is 0 Å². The molecule has 0 saturated carbocycles. The van der Waals surface area contributed by atoms with Crippen molar-refractivity contribution in [2.24, 2.45) is 0 Å². The lowest BCUT2D eigenvalue weighted by Gasteiger charge is -2.34. The summed E-state index contributed by atoms with van der Waals surface area (Å²) in [5.41, 5.74) is 1.54. The number of amides is 1. The van der Waals surface area contributed by atoms with Crippen LogP contribution in [0.3, 0.4) is 0 Å². The minimum Gasteiger partial charge on any atom is -0.497 e. The van der Waals surface area contributed by atoms with E-state index in [1.165, 1.54) is 0 Å². The van der Waals surface area contributed by atoms with E-state index in [1.54, 1.807) is 31.6 Å². The highest BCUT2D eigenvalue weighted by molar-refractivity contribution is 5.94. The van der Waals surface area contributed by atoms with E-state index < -0.39 is 0 Å². The molecule has 0 aliphatic carbocycles. The third kappa shape index (κ3) is 7.07. The molecule has 1 atom stereocenters. The van der Waals surface area contributed by atoms with Crippen LogP contribution in [0.1, 0.15) is 28.8 Å². The molecule has 1 amide bonds. The van der Waals surface area contributed by atoms with E-state index in [2.05, 4.69) is 9.88 Å². The zero-order valence-corrected chi connectivity index (χ0v) is 21.5. The number of aromatic nitrogens is 1. The van der Waals surface area contributed by atoms with Gasteiger partial charge in [0.15, 0.2) is 0 Å². The Morgan fingerprint density at radius 2 is 1.71 bits per heavy atom. The number of rotatable bonds is 7. The van der Waals surface area contributed by atoms with E-state index in [0.717, 1.165) is 35.2 Å². The average Bonchev–Trinajstić information content (AvgIpc) is 2.88. The molecule has 1 saturated heterocycles. The zero-order valence-electron chi connectivity index (χ0n) is 19.9. The third-order valence-corrected chi connectivity index (χ3v) is 6.14. The number of nitrogens with zero attached hydrogens (tertiary/aromatic N) is 3. The molecule has 7 nitrogen and oxygen atoms in total. The molecule has 0 N–H and O–H groups in total.